The first kappa shape index (κ1) is 32.3. The van der Waals surface area contributed by atoms with Crippen LogP contribution in [0.2, 0.25) is 0 Å². The van der Waals surface area contributed by atoms with Crippen LogP contribution in [0, 0.1) is 6.92 Å². The second-order valence-electron chi connectivity index (χ2n) is 14.8. The van der Waals surface area contributed by atoms with Gasteiger partial charge in [-0.2, -0.15) is 0 Å². The van der Waals surface area contributed by atoms with E-state index in [0.717, 1.165) is 56.2 Å². The molecule has 2 aromatic heterocycles. The van der Waals surface area contributed by atoms with Gasteiger partial charge < -0.3 is 8.83 Å². The number of hydrogen-bond acceptors (Lipinski definition) is 2. The second kappa shape index (κ2) is 13.0. The second-order valence-corrected chi connectivity index (χ2v) is 14.8. The topological polar surface area (TPSA) is 26.3 Å². The van der Waals surface area contributed by atoms with Gasteiger partial charge in [0, 0.05) is 27.8 Å². The van der Waals surface area contributed by atoms with Gasteiger partial charge in [0.15, 0.2) is 0 Å². The lowest BCUT2D eigenvalue weighted by Crippen LogP contribution is -1.97. The normalized spacial score (nSPS) is 11.7. The van der Waals surface area contributed by atoms with E-state index >= 15 is 0 Å². The highest BCUT2D eigenvalue weighted by molar-refractivity contribution is 6.23. The molecule has 2 heterocycles. The Balaban J connectivity index is 1.12. The third-order valence-corrected chi connectivity index (χ3v) is 11.5. The van der Waals surface area contributed by atoms with Crippen LogP contribution in [0.5, 0.6) is 0 Å². The average molecular weight is 717 g/mol. The SMILES string of the molecule is Cc1cccc(-c2c3ccccc3c(-c3ccc4oc5cc6oc(-c7ccccc7)cc6cc5c4c3)c3ccccc23)c1-c1ccccc1Cc1ccccc1. The summed E-state index contributed by atoms with van der Waals surface area (Å²) in [6.45, 7) is 2.25. The maximum Gasteiger partial charge on any atom is 0.139 e. The maximum absolute atomic E-state index is 6.47. The molecule has 264 valence electrons. The van der Waals surface area contributed by atoms with Gasteiger partial charge in [-0.05, 0) is 109 Å². The van der Waals surface area contributed by atoms with Crippen molar-refractivity contribution < 1.29 is 8.83 Å². The van der Waals surface area contributed by atoms with Crippen molar-refractivity contribution in [3.05, 3.63) is 205 Å². The van der Waals surface area contributed by atoms with Crippen molar-refractivity contribution in [1.29, 1.82) is 0 Å². The van der Waals surface area contributed by atoms with E-state index in [1.54, 1.807) is 0 Å². The average Bonchev–Trinajstić information content (AvgIpc) is 3.83. The molecule has 0 fully saturated rings. The van der Waals surface area contributed by atoms with Crippen LogP contribution in [-0.4, -0.2) is 0 Å². The van der Waals surface area contributed by atoms with Crippen molar-refractivity contribution in [2.75, 3.05) is 0 Å². The Labute approximate surface area is 324 Å². The molecule has 56 heavy (non-hydrogen) atoms. The molecule has 0 saturated heterocycles. The zero-order valence-corrected chi connectivity index (χ0v) is 30.9. The third-order valence-electron chi connectivity index (χ3n) is 11.5. The Kier molecular flexibility index (Phi) is 7.50. The lowest BCUT2D eigenvalue weighted by Gasteiger charge is -2.22. The molecule has 0 radical (unpaired) electrons. The molecule has 0 spiro atoms. The molecule has 9 aromatic carbocycles. The molecule has 0 N–H and O–H groups in total. The van der Waals surface area contributed by atoms with E-state index < -0.39 is 0 Å². The van der Waals surface area contributed by atoms with E-state index in [2.05, 4.69) is 171 Å². The van der Waals surface area contributed by atoms with Crippen LogP contribution in [0.4, 0.5) is 0 Å². The quantitative estimate of drug-likeness (QED) is 0.160. The van der Waals surface area contributed by atoms with E-state index in [0.29, 0.717) is 0 Å². The summed E-state index contributed by atoms with van der Waals surface area (Å²) in [5.74, 6) is 0.854. The largest absolute Gasteiger partial charge is 0.456 e. The number of furan rings is 2. The molecular formula is C54H36O2. The highest BCUT2D eigenvalue weighted by Gasteiger charge is 2.22. The molecule has 0 amide bonds. The molecule has 11 rings (SSSR count). The van der Waals surface area contributed by atoms with Gasteiger partial charge in [0.1, 0.15) is 22.5 Å². The number of benzene rings is 9. The van der Waals surface area contributed by atoms with Crippen LogP contribution in [0.1, 0.15) is 16.7 Å². The zero-order chi connectivity index (χ0) is 37.2. The van der Waals surface area contributed by atoms with E-state index in [4.69, 9.17) is 8.83 Å². The monoisotopic (exact) mass is 716 g/mol. The Bertz CT molecular complexity index is 3220. The predicted molar refractivity (Wildman–Crippen MR) is 234 cm³/mol. The molecule has 0 aliphatic carbocycles. The number of hydrogen-bond donors (Lipinski definition) is 0. The minimum atomic E-state index is 0.821. The minimum Gasteiger partial charge on any atom is -0.456 e. The summed E-state index contributed by atoms with van der Waals surface area (Å²) < 4.78 is 12.8. The summed E-state index contributed by atoms with van der Waals surface area (Å²) in [5.41, 5.74) is 14.9. The van der Waals surface area contributed by atoms with Crippen molar-refractivity contribution in [2.24, 2.45) is 0 Å². The van der Waals surface area contributed by atoms with Crippen molar-refractivity contribution in [3.63, 3.8) is 0 Å². The van der Waals surface area contributed by atoms with Crippen molar-refractivity contribution in [3.8, 4) is 44.7 Å². The van der Waals surface area contributed by atoms with Crippen molar-refractivity contribution in [2.45, 2.75) is 13.3 Å². The van der Waals surface area contributed by atoms with Crippen LogP contribution in [0.3, 0.4) is 0 Å². The first-order chi connectivity index (χ1) is 27.7. The van der Waals surface area contributed by atoms with Gasteiger partial charge in [0.05, 0.1) is 0 Å². The van der Waals surface area contributed by atoms with E-state index in [1.807, 2.05) is 24.3 Å². The Morgan fingerprint density at radius 1 is 0.375 bits per heavy atom. The van der Waals surface area contributed by atoms with Gasteiger partial charge in [-0.3, -0.25) is 0 Å². The summed E-state index contributed by atoms with van der Waals surface area (Å²) in [4.78, 5) is 0. The van der Waals surface area contributed by atoms with E-state index in [1.165, 1.54) is 66.1 Å². The summed E-state index contributed by atoms with van der Waals surface area (Å²) >= 11 is 0. The van der Waals surface area contributed by atoms with Gasteiger partial charge in [-0.25, -0.2) is 0 Å². The maximum atomic E-state index is 6.47. The minimum absolute atomic E-state index is 0.821. The molecule has 0 unspecified atom stereocenters. The van der Waals surface area contributed by atoms with E-state index in [-0.39, 0.29) is 0 Å². The van der Waals surface area contributed by atoms with Gasteiger partial charge >= 0.3 is 0 Å². The summed E-state index contributed by atoms with van der Waals surface area (Å²) in [5, 5.41) is 8.16. The fourth-order valence-electron chi connectivity index (χ4n) is 8.91. The highest BCUT2D eigenvalue weighted by Crippen LogP contribution is 2.48. The summed E-state index contributed by atoms with van der Waals surface area (Å²) in [6, 6.07) is 67.7. The van der Waals surface area contributed by atoms with Crippen LogP contribution in [0.25, 0.3) is 99.2 Å². The van der Waals surface area contributed by atoms with E-state index in [9.17, 15) is 0 Å². The number of aryl methyl sites for hydroxylation is 1. The third kappa shape index (κ3) is 5.26. The smallest absolute Gasteiger partial charge is 0.139 e. The molecule has 11 aromatic rings. The number of fused-ring (bicyclic) bond motifs is 6. The predicted octanol–water partition coefficient (Wildman–Crippen LogP) is 15.2. The summed E-state index contributed by atoms with van der Waals surface area (Å²) in [6.07, 6.45) is 0.872. The Hall–Kier alpha value is -7.16. The van der Waals surface area contributed by atoms with Gasteiger partial charge in [0.2, 0.25) is 0 Å². The molecule has 0 bridgehead atoms. The van der Waals surface area contributed by atoms with Crippen LogP contribution in [-0.2, 0) is 6.42 Å². The van der Waals surface area contributed by atoms with Gasteiger partial charge in [-0.15, -0.1) is 0 Å². The first-order valence-corrected chi connectivity index (χ1v) is 19.3. The molecule has 0 atom stereocenters. The van der Waals surface area contributed by atoms with Crippen molar-refractivity contribution >= 4 is 54.5 Å². The molecule has 2 heteroatoms. The van der Waals surface area contributed by atoms with Crippen LogP contribution >= 0.6 is 0 Å². The number of rotatable bonds is 6. The zero-order valence-electron chi connectivity index (χ0n) is 30.9. The fraction of sp³-hybridized carbons (Fsp3) is 0.0370. The molecular weight excluding hydrogens is 681 g/mol. The molecule has 0 aliphatic heterocycles. The van der Waals surface area contributed by atoms with Gasteiger partial charge in [0.25, 0.3) is 0 Å². The van der Waals surface area contributed by atoms with Crippen LogP contribution < -0.4 is 0 Å². The summed E-state index contributed by atoms with van der Waals surface area (Å²) in [7, 11) is 0. The van der Waals surface area contributed by atoms with Gasteiger partial charge in [-0.1, -0.05) is 158 Å². The molecule has 0 saturated carbocycles. The Morgan fingerprint density at radius 3 is 1.75 bits per heavy atom. The fourth-order valence-corrected chi connectivity index (χ4v) is 8.91. The standard InChI is InChI=1S/C54H36O2/c1-34-15-14-26-45(52(34)40-21-9-8-20-37(40)29-35-16-4-2-5-17-35)54-43-24-12-10-22-41(43)53(42-23-11-13-25-44(42)54)38-27-28-48-46(30-38)47-31-39-32-49(36-18-6-3-7-19-36)56-50(39)33-51(47)55-48/h2-28,30-33H,29H2,1H3. The lowest BCUT2D eigenvalue weighted by atomic mass is 9.81. The first-order valence-electron chi connectivity index (χ1n) is 19.3. The highest BCUT2D eigenvalue weighted by atomic mass is 16.3. The lowest BCUT2D eigenvalue weighted by molar-refractivity contribution is 0.628. The Morgan fingerprint density at radius 2 is 1.00 bits per heavy atom. The molecule has 2 nitrogen and oxygen atoms in total. The molecule has 0 aliphatic rings. The van der Waals surface area contributed by atoms with Crippen LogP contribution in [0.15, 0.2) is 197 Å². The van der Waals surface area contributed by atoms with Crippen molar-refractivity contribution in [1.82, 2.24) is 0 Å².